The molecular formula is C15H13N3O3. The highest BCUT2D eigenvalue weighted by Gasteiger charge is 2.12. The summed E-state index contributed by atoms with van der Waals surface area (Å²) in [6, 6.07) is 13.1. The maximum Gasteiger partial charge on any atom is 0.271 e. The first kappa shape index (κ1) is 14.5. The van der Waals surface area contributed by atoms with Crippen molar-refractivity contribution in [3.63, 3.8) is 0 Å². The van der Waals surface area contributed by atoms with E-state index in [4.69, 9.17) is 15.7 Å². The van der Waals surface area contributed by atoms with E-state index < -0.39 is 4.92 Å². The zero-order chi connectivity index (χ0) is 15.2. The van der Waals surface area contributed by atoms with Gasteiger partial charge in [0.1, 0.15) is 23.1 Å². The van der Waals surface area contributed by atoms with Crippen molar-refractivity contribution < 1.29 is 9.66 Å². The fourth-order valence-electron chi connectivity index (χ4n) is 1.83. The normalized spacial score (nSPS) is 9.90. The number of nitrogens with zero attached hydrogens (tertiary/aromatic N) is 2. The molecule has 0 aromatic heterocycles. The molecule has 6 nitrogen and oxygen atoms in total. The largest absolute Gasteiger partial charge is 0.456 e. The summed E-state index contributed by atoms with van der Waals surface area (Å²) >= 11 is 0. The highest BCUT2D eigenvalue weighted by Crippen LogP contribution is 2.28. The third-order valence-electron chi connectivity index (χ3n) is 2.88. The molecule has 0 fully saturated rings. The zero-order valence-electron chi connectivity index (χ0n) is 11.2. The van der Waals surface area contributed by atoms with Gasteiger partial charge in [0.15, 0.2) is 0 Å². The Morgan fingerprint density at radius 2 is 1.95 bits per heavy atom. The van der Waals surface area contributed by atoms with Gasteiger partial charge < -0.3 is 10.5 Å². The van der Waals surface area contributed by atoms with Crippen molar-refractivity contribution in [2.45, 2.75) is 6.42 Å². The fourth-order valence-corrected chi connectivity index (χ4v) is 1.83. The van der Waals surface area contributed by atoms with Gasteiger partial charge in [-0.3, -0.25) is 10.1 Å². The van der Waals surface area contributed by atoms with Crippen LogP contribution in [0.1, 0.15) is 11.1 Å². The van der Waals surface area contributed by atoms with Gasteiger partial charge in [0.05, 0.1) is 4.92 Å². The number of hydrogen-bond acceptors (Lipinski definition) is 5. The monoisotopic (exact) mass is 283 g/mol. The van der Waals surface area contributed by atoms with Crippen LogP contribution in [-0.2, 0) is 6.42 Å². The van der Waals surface area contributed by atoms with E-state index in [1.807, 2.05) is 18.2 Å². The predicted molar refractivity (Wildman–Crippen MR) is 77.1 cm³/mol. The number of benzene rings is 2. The molecule has 106 valence electrons. The topological polar surface area (TPSA) is 102 Å². The minimum Gasteiger partial charge on any atom is -0.456 e. The Balaban J connectivity index is 2.23. The second-order valence-corrected chi connectivity index (χ2v) is 4.33. The van der Waals surface area contributed by atoms with Gasteiger partial charge in [0.25, 0.3) is 5.69 Å². The molecule has 0 amide bonds. The van der Waals surface area contributed by atoms with Gasteiger partial charge in [-0.2, -0.15) is 5.26 Å². The number of nitriles is 1. The summed E-state index contributed by atoms with van der Waals surface area (Å²) < 4.78 is 5.59. The maximum absolute atomic E-state index is 10.7. The van der Waals surface area contributed by atoms with Crippen LogP contribution in [-0.4, -0.2) is 11.5 Å². The smallest absolute Gasteiger partial charge is 0.271 e. The second-order valence-electron chi connectivity index (χ2n) is 4.33. The molecule has 2 aromatic rings. The molecule has 0 radical (unpaired) electrons. The van der Waals surface area contributed by atoms with Crippen LogP contribution in [0.25, 0.3) is 0 Å². The van der Waals surface area contributed by atoms with Crippen LogP contribution in [0.4, 0.5) is 5.69 Å². The third kappa shape index (κ3) is 3.55. The van der Waals surface area contributed by atoms with Crippen LogP contribution in [0, 0.1) is 21.4 Å². The molecule has 2 rings (SSSR count). The summed E-state index contributed by atoms with van der Waals surface area (Å²) in [5, 5.41) is 19.7. The molecule has 0 aliphatic carbocycles. The first-order valence-electron chi connectivity index (χ1n) is 6.29. The number of non-ortho nitro benzene ring substituents is 1. The Kier molecular flexibility index (Phi) is 4.49. The van der Waals surface area contributed by atoms with Crippen LogP contribution < -0.4 is 10.5 Å². The Bertz CT molecular complexity index is 690. The fraction of sp³-hybridized carbons (Fsp3) is 0.133. The zero-order valence-corrected chi connectivity index (χ0v) is 11.2. The van der Waals surface area contributed by atoms with Crippen molar-refractivity contribution in [1.82, 2.24) is 0 Å². The molecule has 0 bridgehead atoms. The first-order chi connectivity index (χ1) is 10.1. The number of nitrogens with two attached hydrogens (primary N) is 1. The van der Waals surface area contributed by atoms with Gasteiger partial charge >= 0.3 is 0 Å². The minimum atomic E-state index is -0.549. The molecule has 21 heavy (non-hydrogen) atoms. The first-order valence-corrected chi connectivity index (χ1v) is 6.29. The number of rotatable bonds is 5. The molecule has 0 atom stereocenters. The molecule has 0 unspecified atom stereocenters. The molecule has 0 saturated carbocycles. The molecule has 0 aliphatic rings. The Morgan fingerprint density at radius 3 is 2.52 bits per heavy atom. The van der Waals surface area contributed by atoms with E-state index >= 15 is 0 Å². The summed E-state index contributed by atoms with van der Waals surface area (Å²) in [6.07, 6.45) is 0.779. The lowest BCUT2D eigenvalue weighted by molar-refractivity contribution is -0.384. The Hall–Kier alpha value is -2.91. The Labute approximate surface area is 121 Å². The number of nitro benzene ring substituents is 1. The summed E-state index contributed by atoms with van der Waals surface area (Å²) in [4.78, 5) is 10.1. The van der Waals surface area contributed by atoms with E-state index in [2.05, 4.69) is 0 Å². The van der Waals surface area contributed by atoms with E-state index in [0.29, 0.717) is 12.3 Å². The highest BCUT2D eigenvalue weighted by atomic mass is 16.6. The van der Waals surface area contributed by atoms with Gasteiger partial charge in [-0.05, 0) is 36.7 Å². The van der Waals surface area contributed by atoms with E-state index in [9.17, 15) is 10.1 Å². The van der Waals surface area contributed by atoms with Crippen LogP contribution in [0.2, 0.25) is 0 Å². The quantitative estimate of drug-likeness (QED) is 0.671. The summed E-state index contributed by atoms with van der Waals surface area (Å²) in [5.74, 6) is 0.843. The molecule has 2 N–H and O–H groups in total. The Morgan fingerprint density at radius 1 is 1.24 bits per heavy atom. The second kappa shape index (κ2) is 6.50. The van der Waals surface area contributed by atoms with E-state index in [1.54, 1.807) is 12.1 Å². The van der Waals surface area contributed by atoms with Crippen molar-refractivity contribution >= 4 is 5.69 Å². The molecule has 0 heterocycles. The van der Waals surface area contributed by atoms with Crippen molar-refractivity contribution in [3.05, 3.63) is 63.7 Å². The molecule has 2 aromatic carbocycles. The third-order valence-corrected chi connectivity index (χ3v) is 2.88. The van der Waals surface area contributed by atoms with E-state index in [0.717, 1.165) is 12.0 Å². The lowest BCUT2D eigenvalue weighted by atomic mass is 10.1. The van der Waals surface area contributed by atoms with Gasteiger partial charge in [0, 0.05) is 12.1 Å². The predicted octanol–water partition coefficient (Wildman–Crippen LogP) is 2.76. The van der Waals surface area contributed by atoms with Crippen LogP contribution in [0.5, 0.6) is 11.5 Å². The molecule has 0 saturated heterocycles. The van der Waals surface area contributed by atoms with Crippen LogP contribution in [0.15, 0.2) is 42.5 Å². The van der Waals surface area contributed by atoms with Crippen LogP contribution >= 0.6 is 0 Å². The van der Waals surface area contributed by atoms with Crippen molar-refractivity contribution in [2.24, 2.45) is 5.73 Å². The van der Waals surface area contributed by atoms with Gasteiger partial charge in [-0.25, -0.2) is 0 Å². The van der Waals surface area contributed by atoms with Gasteiger partial charge in [-0.15, -0.1) is 0 Å². The standard InChI is InChI=1S/C15H13N3O3/c16-8-7-11-1-4-14(5-2-11)21-15-6-3-13(18(19)20)9-12(15)10-17/h1-6,9H,7-8,16H2. The molecular weight excluding hydrogens is 270 g/mol. The SMILES string of the molecule is N#Cc1cc([N+](=O)[O-])ccc1Oc1ccc(CCN)cc1. The van der Waals surface area contributed by atoms with Crippen molar-refractivity contribution in [3.8, 4) is 17.6 Å². The molecule has 0 aliphatic heterocycles. The summed E-state index contributed by atoms with van der Waals surface area (Å²) in [6.45, 7) is 0.571. The van der Waals surface area contributed by atoms with Crippen molar-refractivity contribution in [1.29, 1.82) is 5.26 Å². The number of hydrogen-bond donors (Lipinski definition) is 1. The highest BCUT2D eigenvalue weighted by molar-refractivity contribution is 5.51. The van der Waals surface area contributed by atoms with Gasteiger partial charge in [0.2, 0.25) is 0 Å². The lowest BCUT2D eigenvalue weighted by Gasteiger charge is -2.08. The maximum atomic E-state index is 10.7. The number of ether oxygens (including phenoxy) is 1. The van der Waals surface area contributed by atoms with E-state index in [-0.39, 0.29) is 17.0 Å². The lowest BCUT2D eigenvalue weighted by Crippen LogP contribution is -2.02. The van der Waals surface area contributed by atoms with E-state index in [1.165, 1.54) is 18.2 Å². The average Bonchev–Trinajstić information content (AvgIpc) is 2.49. The number of nitro groups is 1. The van der Waals surface area contributed by atoms with Crippen LogP contribution in [0.3, 0.4) is 0 Å². The molecule has 6 heteroatoms. The minimum absolute atomic E-state index is 0.121. The van der Waals surface area contributed by atoms with Gasteiger partial charge in [-0.1, -0.05) is 12.1 Å². The molecule has 0 spiro atoms. The van der Waals surface area contributed by atoms with Crippen molar-refractivity contribution in [2.75, 3.05) is 6.54 Å². The summed E-state index contributed by atoms with van der Waals surface area (Å²) in [7, 11) is 0. The average molecular weight is 283 g/mol. The summed E-state index contributed by atoms with van der Waals surface area (Å²) in [5.41, 5.74) is 6.55.